The molecule has 0 saturated heterocycles. The Hall–Kier alpha value is -3.19. The third-order valence-corrected chi connectivity index (χ3v) is 5.29. The summed E-state index contributed by atoms with van der Waals surface area (Å²) in [4.78, 5) is 19.1. The molecule has 7 heteroatoms. The predicted octanol–water partition coefficient (Wildman–Crippen LogP) is 3.72. The summed E-state index contributed by atoms with van der Waals surface area (Å²) in [5.41, 5.74) is 4.64. The molecule has 2 aromatic carbocycles. The van der Waals surface area contributed by atoms with E-state index in [-0.39, 0.29) is 5.95 Å². The van der Waals surface area contributed by atoms with Gasteiger partial charge in [0.05, 0.1) is 11.9 Å². The molecule has 6 nitrogen and oxygen atoms in total. The lowest BCUT2D eigenvalue weighted by molar-refractivity contribution is -0.113. The number of sulfone groups is 1. The molecule has 1 heterocycles. The van der Waals surface area contributed by atoms with E-state index in [1.165, 1.54) is 6.08 Å². The molecule has 0 fully saturated rings. The summed E-state index contributed by atoms with van der Waals surface area (Å²) >= 11 is 0. The summed E-state index contributed by atoms with van der Waals surface area (Å²) in [5.74, 6) is -1.10. The second-order valence-electron chi connectivity index (χ2n) is 6.58. The summed E-state index contributed by atoms with van der Waals surface area (Å²) in [5, 5.41) is 3.54. The Labute approximate surface area is 164 Å². The Morgan fingerprint density at radius 2 is 1.64 bits per heavy atom. The zero-order chi connectivity index (χ0) is 20.1. The van der Waals surface area contributed by atoms with Gasteiger partial charge in [-0.3, -0.25) is 10.1 Å². The first kappa shape index (κ1) is 19.6. The standard InChI is InChI=1S/C21H21N3O3S/c1-15-3-7-17(8-4-15)11-12-28(26,27)14-20(25)24-21-22-13-19(23-21)18-9-5-16(2)6-10-18/h3-13H,14H2,1-2H3,(H2,22,23,24,25)/b12-11-. The highest BCUT2D eigenvalue weighted by Crippen LogP contribution is 2.19. The van der Waals surface area contributed by atoms with Gasteiger partial charge in [0.15, 0.2) is 9.84 Å². The maximum absolute atomic E-state index is 12.2. The van der Waals surface area contributed by atoms with Crippen LogP contribution in [0.5, 0.6) is 0 Å². The number of aromatic amines is 1. The minimum Gasteiger partial charge on any atom is -0.324 e. The lowest BCUT2D eigenvalue weighted by Crippen LogP contribution is -2.22. The fourth-order valence-electron chi connectivity index (χ4n) is 2.52. The molecule has 0 atom stereocenters. The molecule has 3 aromatic rings. The molecule has 0 unspecified atom stereocenters. The van der Waals surface area contributed by atoms with Gasteiger partial charge in [-0.1, -0.05) is 59.7 Å². The van der Waals surface area contributed by atoms with Crippen molar-refractivity contribution in [1.82, 2.24) is 9.97 Å². The Morgan fingerprint density at radius 1 is 1.04 bits per heavy atom. The Kier molecular flexibility index (Phi) is 5.75. The first-order chi connectivity index (χ1) is 13.3. The zero-order valence-electron chi connectivity index (χ0n) is 15.6. The van der Waals surface area contributed by atoms with E-state index in [0.717, 1.165) is 33.4 Å². The number of anilines is 1. The first-order valence-electron chi connectivity index (χ1n) is 8.70. The lowest BCUT2D eigenvalue weighted by Gasteiger charge is -2.02. The molecule has 28 heavy (non-hydrogen) atoms. The Morgan fingerprint density at radius 3 is 2.29 bits per heavy atom. The average Bonchev–Trinajstić information content (AvgIpc) is 3.09. The van der Waals surface area contributed by atoms with Crippen LogP contribution in [0.4, 0.5) is 5.95 Å². The molecule has 1 amide bonds. The summed E-state index contributed by atoms with van der Waals surface area (Å²) in [7, 11) is -3.69. The van der Waals surface area contributed by atoms with E-state index in [4.69, 9.17) is 0 Å². The second-order valence-corrected chi connectivity index (χ2v) is 8.47. The summed E-state index contributed by atoms with van der Waals surface area (Å²) in [6, 6.07) is 15.2. The summed E-state index contributed by atoms with van der Waals surface area (Å²) < 4.78 is 24.3. The van der Waals surface area contributed by atoms with Crippen molar-refractivity contribution in [3.8, 4) is 11.3 Å². The number of aryl methyl sites for hydroxylation is 2. The van der Waals surface area contributed by atoms with Crippen molar-refractivity contribution in [3.63, 3.8) is 0 Å². The van der Waals surface area contributed by atoms with Crippen molar-refractivity contribution in [2.24, 2.45) is 0 Å². The quantitative estimate of drug-likeness (QED) is 0.665. The molecule has 0 aliphatic rings. The van der Waals surface area contributed by atoms with Crippen molar-refractivity contribution in [1.29, 1.82) is 0 Å². The van der Waals surface area contributed by atoms with Crippen LogP contribution < -0.4 is 5.32 Å². The molecule has 3 rings (SSSR count). The van der Waals surface area contributed by atoms with Gasteiger partial charge in [-0.15, -0.1) is 0 Å². The van der Waals surface area contributed by atoms with Gasteiger partial charge in [0.25, 0.3) is 0 Å². The number of H-pyrrole nitrogens is 1. The van der Waals surface area contributed by atoms with Gasteiger partial charge in [0.2, 0.25) is 11.9 Å². The molecular weight excluding hydrogens is 374 g/mol. The number of imidazole rings is 1. The number of carbonyl (C=O) groups excluding carboxylic acids is 1. The largest absolute Gasteiger partial charge is 0.324 e. The normalized spacial score (nSPS) is 11.6. The SMILES string of the molecule is Cc1ccc(/C=C\S(=O)(=O)CC(=O)Nc2ncc(-c3ccc(C)cc3)[nH]2)cc1. The maximum Gasteiger partial charge on any atom is 0.242 e. The molecule has 144 valence electrons. The molecule has 0 spiro atoms. The average molecular weight is 395 g/mol. The van der Waals surface area contributed by atoms with Gasteiger partial charge >= 0.3 is 0 Å². The topological polar surface area (TPSA) is 91.9 Å². The van der Waals surface area contributed by atoms with E-state index in [0.29, 0.717) is 0 Å². The van der Waals surface area contributed by atoms with Gasteiger partial charge in [-0.05, 0) is 31.1 Å². The highest BCUT2D eigenvalue weighted by Gasteiger charge is 2.15. The van der Waals surface area contributed by atoms with Gasteiger partial charge < -0.3 is 4.98 Å². The number of rotatable bonds is 6. The second kappa shape index (κ2) is 8.22. The fourth-order valence-corrected chi connectivity index (χ4v) is 3.42. The number of aromatic nitrogens is 2. The fraction of sp³-hybridized carbons (Fsp3) is 0.143. The van der Waals surface area contributed by atoms with Crippen LogP contribution in [0.15, 0.2) is 60.1 Å². The number of hydrogen-bond acceptors (Lipinski definition) is 4. The molecule has 1 aromatic heterocycles. The van der Waals surface area contributed by atoms with Crippen LogP contribution >= 0.6 is 0 Å². The lowest BCUT2D eigenvalue weighted by atomic mass is 10.1. The van der Waals surface area contributed by atoms with E-state index in [1.54, 1.807) is 6.20 Å². The monoisotopic (exact) mass is 395 g/mol. The van der Waals surface area contributed by atoms with Crippen molar-refractivity contribution < 1.29 is 13.2 Å². The summed E-state index contributed by atoms with van der Waals surface area (Å²) in [6.45, 7) is 3.95. The van der Waals surface area contributed by atoms with Crippen molar-refractivity contribution in [2.45, 2.75) is 13.8 Å². The van der Waals surface area contributed by atoms with E-state index >= 15 is 0 Å². The molecule has 2 N–H and O–H groups in total. The van der Waals surface area contributed by atoms with Gasteiger partial charge in [-0.25, -0.2) is 13.4 Å². The number of carbonyl (C=O) groups is 1. The Balaban J connectivity index is 1.61. The molecule has 0 bridgehead atoms. The van der Waals surface area contributed by atoms with E-state index in [9.17, 15) is 13.2 Å². The highest BCUT2D eigenvalue weighted by molar-refractivity contribution is 7.95. The first-order valence-corrected chi connectivity index (χ1v) is 10.4. The van der Waals surface area contributed by atoms with Crippen molar-refractivity contribution in [2.75, 3.05) is 11.1 Å². The smallest absolute Gasteiger partial charge is 0.242 e. The van der Waals surface area contributed by atoms with Gasteiger partial charge in [0, 0.05) is 5.41 Å². The number of nitrogens with zero attached hydrogens (tertiary/aromatic N) is 1. The molecular formula is C21H21N3O3S. The number of hydrogen-bond donors (Lipinski definition) is 2. The van der Waals surface area contributed by atoms with Crippen LogP contribution in [-0.2, 0) is 14.6 Å². The molecule has 0 radical (unpaired) electrons. The Bertz CT molecular complexity index is 1100. The van der Waals surface area contributed by atoms with Crippen LogP contribution in [-0.4, -0.2) is 30.0 Å². The number of benzene rings is 2. The van der Waals surface area contributed by atoms with Crippen molar-refractivity contribution >= 4 is 27.8 Å². The van der Waals surface area contributed by atoms with Crippen LogP contribution in [0.25, 0.3) is 17.3 Å². The zero-order valence-corrected chi connectivity index (χ0v) is 16.5. The van der Waals surface area contributed by atoms with Crippen molar-refractivity contribution in [3.05, 3.63) is 76.8 Å². The van der Waals surface area contributed by atoms with Crippen LogP contribution in [0.2, 0.25) is 0 Å². The summed E-state index contributed by atoms with van der Waals surface area (Å²) in [6.07, 6.45) is 3.07. The highest BCUT2D eigenvalue weighted by atomic mass is 32.2. The minimum absolute atomic E-state index is 0.207. The van der Waals surface area contributed by atoms with Gasteiger partial charge in [0.1, 0.15) is 5.75 Å². The van der Waals surface area contributed by atoms with E-state index < -0.39 is 21.5 Å². The number of nitrogens with one attached hydrogen (secondary N) is 2. The minimum atomic E-state index is -3.69. The maximum atomic E-state index is 12.2. The van der Waals surface area contributed by atoms with Crippen LogP contribution in [0.3, 0.4) is 0 Å². The third-order valence-electron chi connectivity index (χ3n) is 4.07. The molecule has 0 aliphatic carbocycles. The predicted molar refractivity (Wildman–Crippen MR) is 111 cm³/mol. The van der Waals surface area contributed by atoms with Crippen LogP contribution in [0, 0.1) is 13.8 Å². The van der Waals surface area contributed by atoms with E-state index in [2.05, 4.69) is 15.3 Å². The molecule has 0 aliphatic heterocycles. The van der Waals surface area contributed by atoms with E-state index in [1.807, 2.05) is 62.4 Å². The third kappa shape index (κ3) is 5.40. The number of amides is 1. The molecule has 0 saturated carbocycles. The van der Waals surface area contributed by atoms with Crippen LogP contribution in [0.1, 0.15) is 16.7 Å². The van der Waals surface area contributed by atoms with Gasteiger partial charge in [-0.2, -0.15) is 0 Å².